The van der Waals surface area contributed by atoms with E-state index in [1.165, 1.54) is 0 Å². The largest absolute Gasteiger partial charge is 0.490 e. The van der Waals surface area contributed by atoms with Gasteiger partial charge >= 0.3 is 0 Å². The molecule has 2 N–H and O–H groups in total. The summed E-state index contributed by atoms with van der Waals surface area (Å²) in [5.41, 5.74) is 0.946. The lowest BCUT2D eigenvalue weighted by Crippen LogP contribution is -2.37. The number of aliphatic imine (C=N–C) groups is 1. The molecule has 0 radical (unpaired) electrons. The summed E-state index contributed by atoms with van der Waals surface area (Å²) < 4.78 is 11.8. The van der Waals surface area contributed by atoms with Crippen LogP contribution in [0, 0.1) is 0 Å². The zero-order valence-corrected chi connectivity index (χ0v) is 19.2. The Bertz CT molecular complexity index is 725. The van der Waals surface area contributed by atoms with Gasteiger partial charge in [0.25, 0.3) is 0 Å². The minimum absolute atomic E-state index is 0. The van der Waals surface area contributed by atoms with E-state index >= 15 is 0 Å². The summed E-state index contributed by atoms with van der Waals surface area (Å²) in [5, 5.41) is 6.61. The lowest BCUT2D eigenvalue weighted by Gasteiger charge is -2.15. The van der Waals surface area contributed by atoms with Crippen LogP contribution in [0.5, 0.6) is 17.4 Å². The fraction of sp³-hybridized carbons (Fsp3) is 0.429. The maximum absolute atomic E-state index is 6.07. The Morgan fingerprint density at radius 3 is 2.54 bits per heavy atom. The number of nitrogens with one attached hydrogen (secondary N) is 2. The Labute approximate surface area is 185 Å². The third-order valence-electron chi connectivity index (χ3n) is 3.86. The highest BCUT2D eigenvalue weighted by Crippen LogP contribution is 2.31. The van der Waals surface area contributed by atoms with Crippen LogP contribution in [0.2, 0.25) is 0 Å². The highest BCUT2D eigenvalue weighted by atomic mass is 127. The van der Waals surface area contributed by atoms with Gasteiger partial charge in [0.15, 0.2) is 17.5 Å². The van der Waals surface area contributed by atoms with Crippen molar-refractivity contribution in [3.05, 3.63) is 48.2 Å². The molecule has 0 unspecified atom stereocenters. The molecule has 0 fully saturated rings. The quantitative estimate of drug-likeness (QED) is 0.214. The second-order valence-corrected chi connectivity index (χ2v) is 6.07. The van der Waals surface area contributed by atoms with Crippen LogP contribution in [0.4, 0.5) is 0 Å². The monoisotopic (exact) mass is 498 g/mol. The molecule has 0 amide bonds. The Hall–Kier alpha value is -2.03. The molecule has 0 saturated carbocycles. The average Bonchev–Trinajstić information content (AvgIpc) is 2.71. The fourth-order valence-corrected chi connectivity index (χ4v) is 2.40. The van der Waals surface area contributed by atoms with Gasteiger partial charge in [-0.3, -0.25) is 4.99 Å². The molecule has 2 aromatic rings. The van der Waals surface area contributed by atoms with E-state index in [9.17, 15) is 0 Å². The number of nitrogens with zero attached hydrogens (tertiary/aromatic N) is 2. The predicted molar refractivity (Wildman–Crippen MR) is 125 cm³/mol. The molecule has 7 heteroatoms. The number of halogens is 1. The van der Waals surface area contributed by atoms with Gasteiger partial charge in [-0.15, -0.1) is 24.0 Å². The van der Waals surface area contributed by atoms with Crippen LogP contribution >= 0.6 is 24.0 Å². The third kappa shape index (κ3) is 7.92. The Morgan fingerprint density at radius 2 is 1.82 bits per heavy atom. The zero-order valence-electron chi connectivity index (χ0n) is 16.9. The molecule has 1 aromatic carbocycles. The summed E-state index contributed by atoms with van der Waals surface area (Å²) in [6, 6.07) is 11.5. The van der Waals surface area contributed by atoms with Crippen molar-refractivity contribution in [2.45, 2.75) is 39.7 Å². The Morgan fingerprint density at radius 1 is 1.04 bits per heavy atom. The molecule has 0 aliphatic carbocycles. The normalized spacial score (nSPS) is 10.8. The first-order chi connectivity index (χ1) is 13.3. The summed E-state index contributed by atoms with van der Waals surface area (Å²) in [5.74, 6) is 2.71. The molecule has 0 atom stereocenters. The summed E-state index contributed by atoms with van der Waals surface area (Å²) in [6.07, 6.45) is 4.92. The van der Waals surface area contributed by atoms with Crippen molar-refractivity contribution in [3.8, 4) is 17.4 Å². The SMILES string of the molecule is CCCCNC(=NC)NCc1cccnc1Oc1ccccc1OCCC.I. The smallest absolute Gasteiger partial charge is 0.224 e. The Kier molecular flexibility index (Phi) is 12.0. The van der Waals surface area contributed by atoms with Gasteiger partial charge in [0.2, 0.25) is 5.88 Å². The van der Waals surface area contributed by atoms with Gasteiger partial charge in [0.05, 0.1) is 6.61 Å². The molecule has 0 spiro atoms. The lowest BCUT2D eigenvalue weighted by atomic mass is 10.2. The number of aromatic nitrogens is 1. The van der Waals surface area contributed by atoms with Gasteiger partial charge in [-0.25, -0.2) is 4.98 Å². The maximum atomic E-state index is 6.07. The van der Waals surface area contributed by atoms with Crippen molar-refractivity contribution >= 4 is 29.9 Å². The number of hydrogen-bond donors (Lipinski definition) is 2. The van der Waals surface area contributed by atoms with E-state index in [0.717, 1.165) is 43.1 Å². The first-order valence-corrected chi connectivity index (χ1v) is 9.56. The van der Waals surface area contributed by atoms with Crippen LogP contribution in [-0.4, -0.2) is 31.1 Å². The van der Waals surface area contributed by atoms with Gasteiger partial charge in [0, 0.05) is 31.9 Å². The molecule has 0 bridgehead atoms. The van der Waals surface area contributed by atoms with Crippen molar-refractivity contribution in [2.75, 3.05) is 20.2 Å². The van der Waals surface area contributed by atoms with Gasteiger partial charge in [0.1, 0.15) is 0 Å². The number of benzene rings is 1. The van der Waals surface area contributed by atoms with E-state index in [1.54, 1.807) is 13.2 Å². The van der Waals surface area contributed by atoms with E-state index in [-0.39, 0.29) is 24.0 Å². The average molecular weight is 498 g/mol. The molecule has 2 rings (SSSR count). The third-order valence-corrected chi connectivity index (χ3v) is 3.86. The predicted octanol–water partition coefficient (Wildman–Crippen LogP) is 4.75. The number of rotatable bonds is 10. The zero-order chi connectivity index (χ0) is 19.3. The van der Waals surface area contributed by atoms with Gasteiger partial charge in [-0.2, -0.15) is 0 Å². The maximum Gasteiger partial charge on any atom is 0.224 e. The number of guanidine groups is 1. The molecule has 6 nitrogen and oxygen atoms in total. The first-order valence-electron chi connectivity index (χ1n) is 9.56. The van der Waals surface area contributed by atoms with Crippen LogP contribution in [0.1, 0.15) is 38.7 Å². The molecular formula is C21H31IN4O2. The van der Waals surface area contributed by atoms with Crippen molar-refractivity contribution in [1.82, 2.24) is 15.6 Å². The highest BCUT2D eigenvalue weighted by Gasteiger charge is 2.10. The topological polar surface area (TPSA) is 67.8 Å². The van der Waals surface area contributed by atoms with Gasteiger partial charge in [-0.1, -0.05) is 38.5 Å². The van der Waals surface area contributed by atoms with Crippen molar-refractivity contribution in [3.63, 3.8) is 0 Å². The second-order valence-electron chi connectivity index (χ2n) is 6.07. The summed E-state index contributed by atoms with van der Waals surface area (Å²) >= 11 is 0. The van der Waals surface area contributed by atoms with E-state index in [2.05, 4.69) is 34.5 Å². The molecule has 154 valence electrons. The van der Waals surface area contributed by atoms with E-state index in [4.69, 9.17) is 9.47 Å². The molecule has 0 saturated heterocycles. The number of ether oxygens (including phenoxy) is 2. The fourth-order valence-electron chi connectivity index (χ4n) is 2.40. The molecule has 28 heavy (non-hydrogen) atoms. The van der Waals surface area contributed by atoms with Crippen molar-refractivity contribution in [1.29, 1.82) is 0 Å². The van der Waals surface area contributed by atoms with E-state index < -0.39 is 0 Å². The molecule has 0 aliphatic rings. The molecule has 1 aromatic heterocycles. The van der Waals surface area contributed by atoms with Crippen molar-refractivity contribution in [2.24, 2.45) is 4.99 Å². The standard InChI is InChI=1S/C21H30N4O2.HI/c1-4-6-13-24-21(22-3)25-16-17-10-9-14-23-20(17)27-19-12-8-7-11-18(19)26-15-5-2;/h7-12,14H,4-6,13,15-16H2,1-3H3,(H2,22,24,25);1H. The van der Waals surface area contributed by atoms with E-state index in [1.807, 2.05) is 36.4 Å². The summed E-state index contributed by atoms with van der Waals surface area (Å²) in [7, 11) is 1.77. The number of unbranched alkanes of at least 4 members (excludes halogenated alkanes) is 1. The van der Waals surface area contributed by atoms with Crippen LogP contribution in [0.25, 0.3) is 0 Å². The van der Waals surface area contributed by atoms with Crippen LogP contribution in [0.3, 0.4) is 0 Å². The number of hydrogen-bond acceptors (Lipinski definition) is 4. The van der Waals surface area contributed by atoms with Crippen LogP contribution in [-0.2, 0) is 6.54 Å². The molecular weight excluding hydrogens is 467 g/mol. The summed E-state index contributed by atoms with van der Waals surface area (Å²) in [4.78, 5) is 8.65. The highest BCUT2D eigenvalue weighted by molar-refractivity contribution is 14.0. The summed E-state index contributed by atoms with van der Waals surface area (Å²) in [6.45, 7) is 6.35. The van der Waals surface area contributed by atoms with Crippen LogP contribution < -0.4 is 20.1 Å². The van der Waals surface area contributed by atoms with E-state index in [0.29, 0.717) is 24.8 Å². The van der Waals surface area contributed by atoms with Gasteiger partial charge in [-0.05, 0) is 31.0 Å². The first kappa shape index (κ1) is 24.0. The minimum atomic E-state index is 0. The number of pyridine rings is 1. The molecule has 1 heterocycles. The Balaban J connectivity index is 0.00000392. The second kappa shape index (κ2) is 14.0. The number of para-hydroxylation sites is 2. The minimum Gasteiger partial charge on any atom is -0.490 e. The molecule has 0 aliphatic heterocycles. The lowest BCUT2D eigenvalue weighted by molar-refractivity contribution is 0.300. The van der Waals surface area contributed by atoms with Gasteiger partial charge < -0.3 is 20.1 Å². The van der Waals surface area contributed by atoms with Crippen molar-refractivity contribution < 1.29 is 9.47 Å². The van der Waals surface area contributed by atoms with Crippen LogP contribution in [0.15, 0.2) is 47.6 Å².